The van der Waals surface area contributed by atoms with Gasteiger partial charge in [0.05, 0.1) is 18.9 Å². The molecule has 1 saturated carbocycles. The number of hydrogen-bond acceptors (Lipinski definition) is 6. The number of likely N-dealkylation sites (tertiary alicyclic amines) is 1. The molecule has 0 amide bonds. The van der Waals surface area contributed by atoms with Crippen molar-refractivity contribution >= 4 is 15.5 Å². The predicted molar refractivity (Wildman–Crippen MR) is 130 cm³/mol. The Bertz CT molecular complexity index is 1040. The van der Waals surface area contributed by atoms with E-state index in [1.165, 1.54) is 18.6 Å². The molecule has 8 heteroatoms. The molecule has 2 aliphatic heterocycles. The summed E-state index contributed by atoms with van der Waals surface area (Å²) in [4.78, 5) is 7.91. The molecule has 2 fully saturated rings. The van der Waals surface area contributed by atoms with Gasteiger partial charge >= 0.3 is 0 Å². The minimum atomic E-state index is -3.55. The lowest BCUT2D eigenvalue weighted by Crippen LogP contribution is -2.34. The molecule has 3 atom stereocenters. The van der Waals surface area contributed by atoms with Gasteiger partial charge in [0.2, 0.25) is 5.88 Å². The summed E-state index contributed by atoms with van der Waals surface area (Å²) in [5.74, 6) is 2.96. The number of ether oxygens (including phenoxy) is 1. The van der Waals surface area contributed by atoms with Crippen LogP contribution in [0.25, 0.3) is 0 Å². The molecule has 3 unspecified atom stereocenters. The average molecular weight is 493 g/mol. The van der Waals surface area contributed by atoms with Crippen LogP contribution in [-0.2, 0) is 26.0 Å². The second-order valence-electron chi connectivity index (χ2n) is 10.5. The molecule has 0 aromatic heterocycles. The summed E-state index contributed by atoms with van der Waals surface area (Å²) >= 11 is 0. The molecule has 188 valence electrons. The highest BCUT2D eigenvalue weighted by atomic mass is 32.2. The van der Waals surface area contributed by atoms with Gasteiger partial charge in [0.1, 0.15) is 10.7 Å². The van der Waals surface area contributed by atoms with Crippen LogP contribution in [-0.4, -0.2) is 45.0 Å². The molecule has 0 bridgehead atoms. The number of oxime groups is 1. The van der Waals surface area contributed by atoms with Gasteiger partial charge in [-0.25, -0.2) is 12.8 Å². The van der Waals surface area contributed by atoms with Crippen molar-refractivity contribution in [1.82, 2.24) is 4.90 Å². The fraction of sp³-hybridized carbons (Fsp3) is 0.654. The monoisotopic (exact) mass is 492 g/mol. The van der Waals surface area contributed by atoms with E-state index in [0.29, 0.717) is 48.4 Å². The van der Waals surface area contributed by atoms with E-state index in [4.69, 9.17) is 9.57 Å². The maximum absolute atomic E-state index is 14.1. The molecule has 1 aromatic carbocycles. The van der Waals surface area contributed by atoms with E-state index < -0.39 is 15.7 Å². The second kappa shape index (κ2) is 10.4. The third kappa shape index (κ3) is 6.00. The summed E-state index contributed by atoms with van der Waals surface area (Å²) in [5.41, 5.74) is 1.79. The number of benzene rings is 1. The van der Waals surface area contributed by atoms with Crippen LogP contribution >= 0.6 is 0 Å². The van der Waals surface area contributed by atoms with Gasteiger partial charge in [-0.15, -0.1) is 0 Å². The molecular formula is C26H37FN2O4S. The number of sulfone groups is 1. The van der Waals surface area contributed by atoms with E-state index in [1.807, 2.05) is 0 Å². The lowest BCUT2D eigenvalue weighted by Gasteiger charge is -2.33. The minimum Gasteiger partial charge on any atom is -0.376 e. The first kappa shape index (κ1) is 25.2. The smallest absolute Gasteiger partial charge is 0.221 e. The molecule has 2 heterocycles. The number of allylic oxidation sites excluding steroid dienone is 1. The SMILES string of the molecule is CC(C)C1=NOC(N2CCC(C3CC3COCc3ccc(S(C)(=O)=O)c(F)c3)CC2)=CCC1C. The van der Waals surface area contributed by atoms with Crippen LogP contribution in [0.4, 0.5) is 4.39 Å². The van der Waals surface area contributed by atoms with E-state index in [9.17, 15) is 12.8 Å². The molecule has 1 aliphatic carbocycles. The Morgan fingerprint density at radius 3 is 2.65 bits per heavy atom. The van der Waals surface area contributed by atoms with Crippen molar-refractivity contribution in [2.75, 3.05) is 26.0 Å². The predicted octanol–water partition coefficient (Wildman–Crippen LogP) is 5.00. The number of piperidine rings is 1. The molecule has 1 saturated heterocycles. The molecule has 1 aromatic rings. The summed E-state index contributed by atoms with van der Waals surface area (Å²) in [7, 11) is -3.55. The van der Waals surface area contributed by atoms with Crippen LogP contribution in [0.1, 0.15) is 52.0 Å². The van der Waals surface area contributed by atoms with Crippen LogP contribution in [0.3, 0.4) is 0 Å². The van der Waals surface area contributed by atoms with Gasteiger partial charge in [-0.2, -0.15) is 0 Å². The lowest BCUT2D eigenvalue weighted by molar-refractivity contribution is 0.0794. The largest absolute Gasteiger partial charge is 0.376 e. The Balaban J connectivity index is 1.20. The quantitative estimate of drug-likeness (QED) is 0.511. The van der Waals surface area contributed by atoms with Crippen LogP contribution in [0.5, 0.6) is 0 Å². The van der Waals surface area contributed by atoms with Crippen molar-refractivity contribution in [3.05, 3.63) is 41.5 Å². The van der Waals surface area contributed by atoms with Crippen molar-refractivity contribution in [2.24, 2.45) is 34.7 Å². The summed E-state index contributed by atoms with van der Waals surface area (Å²) in [6.45, 7) is 9.49. The highest BCUT2D eigenvalue weighted by Crippen LogP contribution is 2.48. The Labute approximate surface area is 203 Å². The first-order chi connectivity index (χ1) is 16.1. The van der Waals surface area contributed by atoms with Crippen LogP contribution < -0.4 is 0 Å². The van der Waals surface area contributed by atoms with E-state index in [2.05, 4.69) is 36.9 Å². The number of halogens is 1. The van der Waals surface area contributed by atoms with Crippen LogP contribution in [0.15, 0.2) is 40.2 Å². The number of rotatable bonds is 8. The first-order valence-electron chi connectivity index (χ1n) is 12.4. The molecule has 0 radical (unpaired) electrons. The van der Waals surface area contributed by atoms with Gasteiger partial charge in [-0.1, -0.05) is 32.0 Å². The Hall–Kier alpha value is -1.93. The maximum Gasteiger partial charge on any atom is 0.221 e. The van der Waals surface area contributed by atoms with Gasteiger partial charge in [-0.3, -0.25) is 0 Å². The highest BCUT2D eigenvalue weighted by molar-refractivity contribution is 7.90. The Morgan fingerprint density at radius 2 is 2.00 bits per heavy atom. The zero-order chi connectivity index (χ0) is 24.5. The van der Waals surface area contributed by atoms with Gasteiger partial charge in [0, 0.05) is 25.3 Å². The van der Waals surface area contributed by atoms with Crippen molar-refractivity contribution in [1.29, 1.82) is 0 Å². The summed E-state index contributed by atoms with van der Waals surface area (Å²) in [5, 5.41) is 4.46. The standard InChI is InChI=1S/C26H37FN2O4S/c1-17(2)26-18(3)5-8-25(33-28-26)29-11-9-20(10-12-29)22-14-21(22)16-32-15-19-6-7-24(23(27)13-19)34(4,30)31/h6-8,13,17-18,20-22H,5,9-12,14-16H2,1-4H3. The van der Waals surface area contributed by atoms with Crippen LogP contribution in [0.2, 0.25) is 0 Å². The van der Waals surface area contributed by atoms with E-state index >= 15 is 0 Å². The van der Waals surface area contributed by atoms with E-state index in [0.717, 1.165) is 50.2 Å². The van der Waals surface area contributed by atoms with E-state index in [-0.39, 0.29) is 4.90 Å². The molecule has 34 heavy (non-hydrogen) atoms. The van der Waals surface area contributed by atoms with Gasteiger partial charge < -0.3 is 14.5 Å². The highest BCUT2D eigenvalue weighted by Gasteiger charge is 2.43. The Kier molecular flexibility index (Phi) is 7.67. The van der Waals surface area contributed by atoms with Gasteiger partial charge in [0.15, 0.2) is 9.84 Å². The van der Waals surface area contributed by atoms with Crippen LogP contribution in [0, 0.1) is 35.4 Å². The first-order valence-corrected chi connectivity index (χ1v) is 14.3. The molecule has 0 spiro atoms. The summed E-state index contributed by atoms with van der Waals surface area (Å²) in [6.07, 6.45) is 7.66. The third-order valence-corrected chi connectivity index (χ3v) is 8.55. The number of nitrogens with zero attached hydrogens (tertiary/aromatic N) is 2. The number of hydrogen-bond donors (Lipinski definition) is 0. The summed E-state index contributed by atoms with van der Waals surface area (Å²) in [6, 6.07) is 4.20. The van der Waals surface area contributed by atoms with Crippen molar-refractivity contribution in [2.45, 2.75) is 58.0 Å². The fourth-order valence-corrected chi connectivity index (χ4v) is 6.07. The summed E-state index contributed by atoms with van der Waals surface area (Å²) < 4.78 is 43.0. The Morgan fingerprint density at radius 1 is 1.26 bits per heavy atom. The molecule has 6 nitrogen and oxygen atoms in total. The molecule has 0 N–H and O–H groups in total. The van der Waals surface area contributed by atoms with E-state index in [1.54, 1.807) is 6.07 Å². The average Bonchev–Trinajstić information content (AvgIpc) is 3.56. The lowest BCUT2D eigenvalue weighted by atomic mass is 9.91. The van der Waals surface area contributed by atoms with Gasteiger partial charge in [-0.05, 0) is 73.1 Å². The third-order valence-electron chi connectivity index (χ3n) is 7.42. The maximum atomic E-state index is 14.1. The van der Waals surface area contributed by atoms with Crippen molar-refractivity contribution in [3.8, 4) is 0 Å². The topological polar surface area (TPSA) is 68.2 Å². The normalized spacial score (nSPS) is 26.1. The van der Waals surface area contributed by atoms with Crippen molar-refractivity contribution in [3.63, 3.8) is 0 Å². The fourth-order valence-electron chi connectivity index (χ4n) is 5.34. The zero-order valence-corrected chi connectivity index (χ0v) is 21.5. The minimum absolute atomic E-state index is 0.267. The second-order valence-corrected chi connectivity index (χ2v) is 12.5. The molecule has 3 aliphatic rings. The van der Waals surface area contributed by atoms with Gasteiger partial charge in [0.25, 0.3) is 0 Å². The zero-order valence-electron chi connectivity index (χ0n) is 20.7. The van der Waals surface area contributed by atoms with Crippen molar-refractivity contribution < 1.29 is 22.4 Å². The molecule has 4 rings (SSSR count). The molecular weight excluding hydrogens is 455 g/mol.